The van der Waals surface area contributed by atoms with Crippen molar-refractivity contribution in [3.8, 4) is 0 Å². The molecule has 3 heteroatoms. The van der Waals surface area contributed by atoms with Crippen molar-refractivity contribution in [3.05, 3.63) is 34.6 Å². The number of nitrogens with one attached hydrogen (secondary N) is 1. The van der Waals surface area contributed by atoms with E-state index < -0.39 is 0 Å². The minimum Gasteiger partial charge on any atom is -0.310 e. The summed E-state index contributed by atoms with van der Waals surface area (Å²) in [5.74, 6) is -0.156. The van der Waals surface area contributed by atoms with Crippen molar-refractivity contribution < 1.29 is 4.39 Å². The lowest BCUT2D eigenvalue weighted by atomic mass is 9.99. The Kier molecular flexibility index (Phi) is 8.88. The SMILES string of the molecule is CCCCCCCC(NCCC)c1cc(Cl)ccc1F. The summed E-state index contributed by atoms with van der Waals surface area (Å²) in [7, 11) is 0. The number of benzene rings is 1. The first-order valence-electron chi connectivity index (χ1n) is 7.87. The average molecular weight is 300 g/mol. The number of hydrogen-bond acceptors (Lipinski definition) is 1. The Morgan fingerprint density at radius 3 is 2.55 bits per heavy atom. The van der Waals surface area contributed by atoms with Crippen LogP contribution in [0, 0.1) is 5.82 Å². The van der Waals surface area contributed by atoms with E-state index in [9.17, 15) is 4.39 Å². The summed E-state index contributed by atoms with van der Waals surface area (Å²) in [4.78, 5) is 0. The number of rotatable bonds is 10. The minimum absolute atomic E-state index is 0.0790. The summed E-state index contributed by atoms with van der Waals surface area (Å²) in [6, 6.07) is 4.92. The monoisotopic (exact) mass is 299 g/mol. The topological polar surface area (TPSA) is 12.0 Å². The number of unbranched alkanes of at least 4 members (excludes halogenated alkanes) is 4. The van der Waals surface area contributed by atoms with Gasteiger partial charge in [-0.2, -0.15) is 0 Å². The first kappa shape index (κ1) is 17.5. The van der Waals surface area contributed by atoms with Crippen LogP contribution in [0.2, 0.25) is 5.02 Å². The first-order chi connectivity index (χ1) is 9.69. The molecule has 1 nitrogen and oxygen atoms in total. The Labute approximate surface area is 127 Å². The molecule has 0 heterocycles. The lowest BCUT2D eigenvalue weighted by molar-refractivity contribution is 0.450. The minimum atomic E-state index is -0.156. The Morgan fingerprint density at radius 1 is 1.10 bits per heavy atom. The van der Waals surface area contributed by atoms with Gasteiger partial charge in [-0.3, -0.25) is 0 Å². The standard InChI is InChI=1S/C17H27ClFN/c1-3-5-6-7-8-9-17(20-12-4-2)15-13-14(18)10-11-16(15)19/h10-11,13,17,20H,3-9,12H2,1-2H3. The van der Waals surface area contributed by atoms with Crippen molar-refractivity contribution in [1.29, 1.82) is 0 Å². The van der Waals surface area contributed by atoms with Crippen molar-refractivity contribution in [2.45, 2.75) is 64.8 Å². The largest absolute Gasteiger partial charge is 0.310 e. The van der Waals surface area contributed by atoms with E-state index in [1.165, 1.54) is 31.7 Å². The second-order valence-electron chi connectivity index (χ2n) is 5.38. The summed E-state index contributed by atoms with van der Waals surface area (Å²) in [5, 5.41) is 4.05. The third-order valence-electron chi connectivity index (χ3n) is 3.57. The van der Waals surface area contributed by atoms with E-state index in [1.807, 2.05) is 0 Å². The highest BCUT2D eigenvalue weighted by Gasteiger charge is 2.15. The molecular weight excluding hydrogens is 273 g/mol. The van der Waals surface area contributed by atoms with Gasteiger partial charge in [0, 0.05) is 16.6 Å². The lowest BCUT2D eigenvalue weighted by Gasteiger charge is -2.20. The predicted octanol–water partition coefficient (Wildman–Crippen LogP) is 5.88. The molecule has 0 aliphatic carbocycles. The second kappa shape index (κ2) is 10.2. The molecule has 0 saturated heterocycles. The van der Waals surface area contributed by atoms with E-state index in [0.29, 0.717) is 10.6 Å². The van der Waals surface area contributed by atoms with Crippen LogP contribution in [0.1, 0.15) is 70.4 Å². The molecule has 0 radical (unpaired) electrons. The molecule has 1 atom stereocenters. The van der Waals surface area contributed by atoms with Crippen LogP contribution in [0.15, 0.2) is 18.2 Å². The molecule has 114 valence electrons. The molecule has 1 N–H and O–H groups in total. The average Bonchev–Trinajstić information content (AvgIpc) is 2.45. The van der Waals surface area contributed by atoms with Crippen molar-refractivity contribution in [2.24, 2.45) is 0 Å². The molecule has 0 spiro atoms. The van der Waals surface area contributed by atoms with Crippen LogP contribution in [-0.4, -0.2) is 6.54 Å². The maximum atomic E-state index is 14.0. The van der Waals surface area contributed by atoms with Crippen molar-refractivity contribution in [2.75, 3.05) is 6.54 Å². The number of hydrogen-bond donors (Lipinski definition) is 1. The smallest absolute Gasteiger partial charge is 0.128 e. The molecule has 1 unspecified atom stereocenters. The summed E-state index contributed by atoms with van der Waals surface area (Å²) in [6.07, 6.45) is 8.19. The third kappa shape index (κ3) is 6.23. The molecule has 1 aromatic carbocycles. The zero-order chi connectivity index (χ0) is 14.8. The molecule has 0 aliphatic heterocycles. The Morgan fingerprint density at radius 2 is 1.85 bits per heavy atom. The summed E-state index contributed by atoms with van der Waals surface area (Å²) in [5.41, 5.74) is 0.710. The van der Waals surface area contributed by atoms with E-state index in [2.05, 4.69) is 19.2 Å². The van der Waals surface area contributed by atoms with Crippen molar-refractivity contribution in [3.63, 3.8) is 0 Å². The third-order valence-corrected chi connectivity index (χ3v) is 3.81. The van der Waals surface area contributed by atoms with Gasteiger partial charge in [0.1, 0.15) is 5.82 Å². The normalized spacial score (nSPS) is 12.6. The highest BCUT2D eigenvalue weighted by molar-refractivity contribution is 6.30. The van der Waals surface area contributed by atoms with Crippen LogP contribution in [0.4, 0.5) is 4.39 Å². The fourth-order valence-corrected chi connectivity index (χ4v) is 2.60. The van der Waals surface area contributed by atoms with Gasteiger partial charge < -0.3 is 5.32 Å². The van der Waals surface area contributed by atoms with Gasteiger partial charge in [-0.05, 0) is 37.6 Å². The van der Waals surface area contributed by atoms with Gasteiger partial charge in [-0.25, -0.2) is 4.39 Å². The zero-order valence-corrected chi connectivity index (χ0v) is 13.5. The molecule has 0 fully saturated rings. The molecular formula is C17H27ClFN. The lowest BCUT2D eigenvalue weighted by Crippen LogP contribution is -2.23. The molecule has 1 aromatic rings. The zero-order valence-electron chi connectivity index (χ0n) is 12.7. The van der Waals surface area contributed by atoms with Crippen LogP contribution in [-0.2, 0) is 0 Å². The molecule has 0 saturated carbocycles. The van der Waals surface area contributed by atoms with Gasteiger partial charge in [-0.15, -0.1) is 0 Å². The molecule has 0 aromatic heterocycles. The van der Waals surface area contributed by atoms with Crippen LogP contribution in [0.5, 0.6) is 0 Å². The van der Waals surface area contributed by atoms with Crippen molar-refractivity contribution in [1.82, 2.24) is 5.32 Å². The van der Waals surface area contributed by atoms with Gasteiger partial charge in [0.05, 0.1) is 0 Å². The molecule has 0 amide bonds. The van der Waals surface area contributed by atoms with Gasteiger partial charge in [-0.1, -0.05) is 57.6 Å². The Balaban J connectivity index is 2.60. The van der Waals surface area contributed by atoms with Gasteiger partial charge >= 0.3 is 0 Å². The summed E-state index contributed by atoms with van der Waals surface area (Å²) >= 11 is 6.00. The second-order valence-corrected chi connectivity index (χ2v) is 5.81. The highest BCUT2D eigenvalue weighted by Crippen LogP contribution is 2.25. The fraction of sp³-hybridized carbons (Fsp3) is 0.647. The van der Waals surface area contributed by atoms with Crippen LogP contribution < -0.4 is 5.32 Å². The predicted molar refractivity (Wildman–Crippen MR) is 85.8 cm³/mol. The molecule has 0 bridgehead atoms. The Hall–Kier alpha value is -0.600. The maximum absolute atomic E-state index is 14.0. The highest BCUT2D eigenvalue weighted by atomic mass is 35.5. The van der Waals surface area contributed by atoms with E-state index in [-0.39, 0.29) is 11.9 Å². The van der Waals surface area contributed by atoms with Gasteiger partial charge in [0.15, 0.2) is 0 Å². The first-order valence-corrected chi connectivity index (χ1v) is 8.25. The molecule has 1 rings (SSSR count). The maximum Gasteiger partial charge on any atom is 0.128 e. The van der Waals surface area contributed by atoms with Crippen LogP contribution >= 0.6 is 11.6 Å². The van der Waals surface area contributed by atoms with Gasteiger partial charge in [0.2, 0.25) is 0 Å². The van der Waals surface area contributed by atoms with Crippen LogP contribution in [0.3, 0.4) is 0 Å². The van der Waals surface area contributed by atoms with E-state index in [1.54, 1.807) is 12.1 Å². The summed E-state index contributed by atoms with van der Waals surface area (Å²) in [6.45, 7) is 5.25. The Bertz CT molecular complexity index is 381. The molecule has 0 aliphatic rings. The van der Waals surface area contributed by atoms with Crippen molar-refractivity contribution >= 4 is 11.6 Å². The quantitative estimate of drug-likeness (QED) is 0.532. The summed E-state index contributed by atoms with van der Waals surface area (Å²) < 4.78 is 14.0. The fourth-order valence-electron chi connectivity index (χ4n) is 2.42. The van der Waals surface area contributed by atoms with Crippen LogP contribution in [0.25, 0.3) is 0 Å². The van der Waals surface area contributed by atoms with Gasteiger partial charge in [0.25, 0.3) is 0 Å². The van der Waals surface area contributed by atoms with E-state index >= 15 is 0 Å². The van der Waals surface area contributed by atoms with E-state index in [0.717, 1.165) is 25.8 Å². The number of halogens is 2. The molecule has 20 heavy (non-hydrogen) atoms. The van der Waals surface area contributed by atoms with E-state index in [4.69, 9.17) is 11.6 Å².